The molecular weight excluding hydrogens is 375 g/mol. The first-order valence-electron chi connectivity index (χ1n) is 7.29. The van der Waals surface area contributed by atoms with E-state index in [1.807, 2.05) is 0 Å². The molecule has 130 valence electrons. The molecule has 0 fully saturated rings. The highest BCUT2D eigenvalue weighted by Crippen LogP contribution is 2.36. The van der Waals surface area contributed by atoms with Gasteiger partial charge in [-0.25, -0.2) is 4.99 Å². The average molecular weight is 392 g/mol. The summed E-state index contributed by atoms with van der Waals surface area (Å²) in [6.07, 6.45) is 1.37. The predicted molar refractivity (Wildman–Crippen MR) is 97.6 cm³/mol. The standard InChI is InChI=1S/C15H17Cl3N4O2/c16-10-4-3-5-11(17)12(10)22-8-9(13(19)24)14(21-15(22)18)20-6-1-2-7-23/h3-5,20,23H,1-2,6-8H2,(H2,19,24). The fraction of sp³-hybridized carbons (Fsp3) is 0.333. The molecular formula is C15H17Cl3N4O2. The van der Waals surface area contributed by atoms with Gasteiger partial charge in [-0.2, -0.15) is 0 Å². The Kier molecular flexibility index (Phi) is 6.74. The number of hydrogen-bond donors (Lipinski definition) is 3. The van der Waals surface area contributed by atoms with E-state index in [2.05, 4.69) is 10.3 Å². The lowest BCUT2D eigenvalue weighted by Gasteiger charge is -2.29. The van der Waals surface area contributed by atoms with Gasteiger partial charge in [-0.15, -0.1) is 0 Å². The molecule has 1 aliphatic rings. The Labute approximate surface area is 154 Å². The Morgan fingerprint density at radius 1 is 1.29 bits per heavy atom. The van der Waals surface area contributed by atoms with Crippen LogP contribution in [0.4, 0.5) is 5.69 Å². The third-order valence-corrected chi connectivity index (χ3v) is 4.31. The van der Waals surface area contributed by atoms with Crippen LogP contribution in [0.1, 0.15) is 12.8 Å². The molecule has 0 radical (unpaired) electrons. The van der Waals surface area contributed by atoms with Gasteiger partial charge >= 0.3 is 0 Å². The summed E-state index contributed by atoms with van der Waals surface area (Å²) in [7, 11) is 0. The number of nitrogens with one attached hydrogen (secondary N) is 1. The lowest BCUT2D eigenvalue weighted by molar-refractivity contribution is -0.114. The van der Waals surface area contributed by atoms with Gasteiger partial charge in [0.2, 0.25) is 11.2 Å². The normalized spacial score (nSPS) is 14.7. The summed E-state index contributed by atoms with van der Waals surface area (Å²) in [6, 6.07) is 5.05. The number of primary amides is 1. The summed E-state index contributed by atoms with van der Waals surface area (Å²) in [6.45, 7) is 0.739. The third kappa shape index (κ3) is 4.33. The quantitative estimate of drug-likeness (QED) is 0.492. The van der Waals surface area contributed by atoms with E-state index in [1.165, 1.54) is 4.90 Å². The van der Waals surface area contributed by atoms with Gasteiger partial charge < -0.3 is 21.1 Å². The molecule has 1 aliphatic heterocycles. The van der Waals surface area contributed by atoms with Gasteiger partial charge in [0.15, 0.2) is 0 Å². The molecule has 0 saturated carbocycles. The lowest BCUT2D eigenvalue weighted by Crippen LogP contribution is -2.39. The summed E-state index contributed by atoms with van der Waals surface area (Å²) in [5.41, 5.74) is 6.21. The molecule has 24 heavy (non-hydrogen) atoms. The van der Waals surface area contributed by atoms with Gasteiger partial charge in [-0.1, -0.05) is 29.3 Å². The smallest absolute Gasteiger partial charge is 0.250 e. The van der Waals surface area contributed by atoms with E-state index >= 15 is 0 Å². The van der Waals surface area contributed by atoms with Crippen molar-refractivity contribution in [3.63, 3.8) is 0 Å². The number of nitrogens with two attached hydrogens (primary N) is 1. The average Bonchev–Trinajstić information content (AvgIpc) is 2.52. The maximum absolute atomic E-state index is 11.8. The fourth-order valence-electron chi connectivity index (χ4n) is 2.22. The Hall–Kier alpha value is -1.47. The molecule has 1 aromatic rings. The molecule has 1 aromatic carbocycles. The monoisotopic (exact) mass is 390 g/mol. The van der Waals surface area contributed by atoms with E-state index < -0.39 is 5.91 Å². The zero-order valence-corrected chi connectivity index (χ0v) is 15.0. The molecule has 4 N–H and O–H groups in total. The van der Waals surface area contributed by atoms with Crippen molar-refractivity contribution in [3.05, 3.63) is 39.6 Å². The second-order valence-corrected chi connectivity index (χ2v) is 6.24. The molecule has 0 aliphatic carbocycles. The number of carbonyl (C=O) groups excluding carboxylic acids is 1. The van der Waals surface area contributed by atoms with Crippen molar-refractivity contribution in [1.82, 2.24) is 5.32 Å². The minimum atomic E-state index is -0.610. The first-order chi connectivity index (χ1) is 11.5. The number of aliphatic imine (C=N–C) groups is 1. The van der Waals surface area contributed by atoms with Gasteiger partial charge in [0, 0.05) is 13.2 Å². The van der Waals surface area contributed by atoms with E-state index in [1.54, 1.807) is 18.2 Å². The number of amidine groups is 1. The van der Waals surface area contributed by atoms with Crippen LogP contribution in [0, 0.1) is 0 Å². The molecule has 0 saturated heterocycles. The van der Waals surface area contributed by atoms with Crippen LogP contribution >= 0.6 is 34.8 Å². The Bertz CT molecular complexity index is 671. The number of rotatable bonds is 7. The number of hydrogen-bond acceptors (Lipinski definition) is 5. The predicted octanol–water partition coefficient (Wildman–Crippen LogP) is 2.47. The highest BCUT2D eigenvalue weighted by atomic mass is 35.5. The Balaban J connectivity index is 2.28. The van der Waals surface area contributed by atoms with E-state index in [0.717, 1.165) is 6.42 Å². The summed E-state index contributed by atoms with van der Waals surface area (Å²) in [5.74, 6) is -0.286. The Morgan fingerprint density at radius 2 is 1.96 bits per heavy atom. The largest absolute Gasteiger partial charge is 0.396 e. The van der Waals surface area contributed by atoms with E-state index in [-0.39, 0.29) is 24.0 Å². The number of aliphatic hydroxyl groups is 1. The van der Waals surface area contributed by atoms with Crippen LogP contribution in [0.5, 0.6) is 0 Å². The molecule has 2 rings (SSSR count). The first kappa shape index (κ1) is 18.9. The molecule has 0 atom stereocenters. The molecule has 0 unspecified atom stereocenters. The van der Waals surface area contributed by atoms with Crippen molar-refractivity contribution >= 4 is 51.7 Å². The summed E-state index contributed by atoms with van der Waals surface area (Å²) in [4.78, 5) is 17.5. The summed E-state index contributed by atoms with van der Waals surface area (Å²) >= 11 is 18.7. The van der Waals surface area contributed by atoms with Crippen LogP contribution in [0.3, 0.4) is 0 Å². The van der Waals surface area contributed by atoms with Crippen LogP contribution in [0.15, 0.2) is 34.6 Å². The van der Waals surface area contributed by atoms with Crippen molar-refractivity contribution in [2.24, 2.45) is 10.7 Å². The number of unbranched alkanes of at least 4 members (excludes halogenated alkanes) is 1. The topological polar surface area (TPSA) is 91.0 Å². The van der Waals surface area contributed by atoms with E-state index in [4.69, 9.17) is 45.6 Å². The van der Waals surface area contributed by atoms with Crippen molar-refractivity contribution < 1.29 is 9.90 Å². The zero-order chi connectivity index (χ0) is 17.7. The molecule has 6 nitrogen and oxygen atoms in total. The fourth-order valence-corrected chi connectivity index (χ4v) is 3.05. The van der Waals surface area contributed by atoms with Crippen molar-refractivity contribution in [1.29, 1.82) is 0 Å². The van der Waals surface area contributed by atoms with E-state index in [0.29, 0.717) is 34.5 Å². The minimum Gasteiger partial charge on any atom is -0.396 e. The molecule has 0 bridgehead atoms. The number of para-hydroxylation sites is 1. The molecule has 0 aromatic heterocycles. The van der Waals surface area contributed by atoms with Gasteiger partial charge in [0.25, 0.3) is 0 Å². The zero-order valence-electron chi connectivity index (χ0n) is 12.7. The van der Waals surface area contributed by atoms with Crippen LogP contribution in [0.2, 0.25) is 10.0 Å². The molecule has 1 amide bonds. The molecule has 1 heterocycles. The molecule has 9 heteroatoms. The van der Waals surface area contributed by atoms with Gasteiger partial charge in [0.05, 0.1) is 27.9 Å². The number of halogens is 3. The highest BCUT2D eigenvalue weighted by Gasteiger charge is 2.27. The second kappa shape index (κ2) is 8.58. The lowest BCUT2D eigenvalue weighted by atomic mass is 10.2. The van der Waals surface area contributed by atoms with E-state index in [9.17, 15) is 4.79 Å². The molecule has 0 spiro atoms. The highest BCUT2D eigenvalue weighted by molar-refractivity contribution is 6.68. The van der Waals surface area contributed by atoms with Gasteiger partial charge in [0.1, 0.15) is 5.82 Å². The summed E-state index contributed by atoms with van der Waals surface area (Å²) in [5, 5.41) is 12.7. The number of benzene rings is 1. The summed E-state index contributed by atoms with van der Waals surface area (Å²) < 4.78 is 0. The number of nitrogens with zero attached hydrogens (tertiary/aromatic N) is 2. The van der Waals surface area contributed by atoms with Crippen molar-refractivity contribution in [3.8, 4) is 0 Å². The number of aliphatic hydroxyl groups excluding tert-OH is 1. The van der Waals surface area contributed by atoms with Gasteiger partial charge in [-0.3, -0.25) is 4.79 Å². The SMILES string of the molecule is NC(=O)C1=C(NCCCCO)N=C(Cl)N(c2c(Cl)cccc2Cl)C1. The maximum atomic E-state index is 11.8. The third-order valence-electron chi connectivity index (χ3n) is 3.41. The minimum absolute atomic E-state index is 0.101. The van der Waals surface area contributed by atoms with Crippen LogP contribution < -0.4 is 16.0 Å². The first-order valence-corrected chi connectivity index (χ1v) is 8.42. The van der Waals surface area contributed by atoms with Crippen molar-refractivity contribution in [2.45, 2.75) is 12.8 Å². The van der Waals surface area contributed by atoms with Gasteiger partial charge in [-0.05, 0) is 36.6 Å². The number of amides is 1. The van der Waals surface area contributed by atoms with Crippen LogP contribution in [0.25, 0.3) is 0 Å². The van der Waals surface area contributed by atoms with Crippen LogP contribution in [-0.2, 0) is 4.79 Å². The Morgan fingerprint density at radius 3 is 2.54 bits per heavy atom. The van der Waals surface area contributed by atoms with Crippen molar-refractivity contribution in [2.75, 3.05) is 24.6 Å². The van der Waals surface area contributed by atoms with Crippen LogP contribution in [-0.4, -0.2) is 36.0 Å². The number of anilines is 1. The second-order valence-electron chi connectivity index (χ2n) is 5.09. The maximum Gasteiger partial charge on any atom is 0.250 e. The number of carbonyl (C=O) groups is 1.